The number of pyridine rings is 2. The summed E-state index contributed by atoms with van der Waals surface area (Å²) in [7, 11) is 0. The first-order valence-corrected chi connectivity index (χ1v) is 10.4. The van der Waals surface area contributed by atoms with Crippen molar-refractivity contribution in [2.45, 2.75) is 13.5 Å². The molecule has 148 valence electrons. The second kappa shape index (κ2) is 7.03. The lowest BCUT2D eigenvalue weighted by Gasteiger charge is -2.10. The van der Waals surface area contributed by atoms with Gasteiger partial charge in [-0.05, 0) is 36.8 Å². The van der Waals surface area contributed by atoms with Gasteiger partial charge in [-0.3, -0.25) is 4.98 Å². The van der Waals surface area contributed by atoms with Crippen molar-refractivity contribution in [3.8, 4) is 11.5 Å². The molecule has 0 aliphatic rings. The number of hydrogen-bond acceptors (Lipinski definition) is 3. The van der Waals surface area contributed by atoms with Gasteiger partial charge in [0.05, 0.1) is 22.1 Å². The Bertz CT molecular complexity index is 1570. The first-order chi connectivity index (χ1) is 15.3. The van der Waals surface area contributed by atoms with E-state index in [2.05, 4.69) is 77.4 Å². The van der Waals surface area contributed by atoms with Crippen molar-refractivity contribution >= 4 is 32.8 Å². The summed E-state index contributed by atoms with van der Waals surface area (Å²) in [5.41, 5.74) is 7.01. The molecule has 0 fully saturated rings. The van der Waals surface area contributed by atoms with E-state index in [0.717, 1.165) is 56.6 Å². The quantitative estimate of drug-likeness (QED) is 0.334. The summed E-state index contributed by atoms with van der Waals surface area (Å²) in [6.07, 6.45) is 0. The van der Waals surface area contributed by atoms with Gasteiger partial charge in [0.1, 0.15) is 5.69 Å². The molecule has 0 radical (unpaired) electrons. The Kier molecular flexibility index (Phi) is 4.03. The van der Waals surface area contributed by atoms with Crippen LogP contribution in [0.15, 0.2) is 91.0 Å². The van der Waals surface area contributed by atoms with Crippen LogP contribution in [0.1, 0.15) is 11.3 Å². The lowest BCUT2D eigenvalue weighted by molar-refractivity contribution is 0.831. The number of para-hydroxylation sites is 2. The van der Waals surface area contributed by atoms with Gasteiger partial charge in [-0.15, -0.1) is 0 Å². The van der Waals surface area contributed by atoms with E-state index >= 15 is 0 Å². The summed E-state index contributed by atoms with van der Waals surface area (Å²) >= 11 is 0. The maximum atomic E-state index is 5.07. The number of fused-ring (bicyclic) bond motifs is 4. The number of imidazole rings is 1. The predicted molar refractivity (Wildman–Crippen MR) is 126 cm³/mol. The Labute approximate surface area is 179 Å². The van der Waals surface area contributed by atoms with Gasteiger partial charge in [-0.2, -0.15) is 0 Å². The summed E-state index contributed by atoms with van der Waals surface area (Å²) in [5.74, 6) is 0.872. The van der Waals surface area contributed by atoms with Crippen LogP contribution in [0.4, 0.5) is 0 Å². The minimum Gasteiger partial charge on any atom is -0.318 e. The largest absolute Gasteiger partial charge is 0.318 e. The fourth-order valence-electron chi connectivity index (χ4n) is 4.19. The van der Waals surface area contributed by atoms with E-state index in [1.807, 2.05) is 25.1 Å². The van der Waals surface area contributed by atoms with Gasteiger partial charge in [-0.1, -0.05) is 66.7 Å². The first kappa shape index (κ1) is 17.8. The third kappa shape index (κ3) is 3.04. The molecule has 4 heteroatoms. The van der Waals surface area contributed by atoms with Crippen molar-refractivity contribution in [3.63, 3.8) is 0 Å². The van der Waals surface area contributed by atoms with Crippen molar-refractivity contribution in [1.82, 2.24) is 19.5 Å². The Morgan fingerprint density at radius 1 is 0.645 bits per heavy atom. The monoisotopic (exact) mass is 400 g/mol. The fraction of sp³-hybridized carbons (Fsp3) is 0.0741. The highest BCUT2D eigenvalue weighted by atomic mass is 15.1. The molecule has 4 nitrogen and oxygen atoms in total. The van der Waals surface area contributed by atoms with Crippen molar-refractivity contribution in [3.05, 3.63) is 102 Å². The normalized spacial score (nSPS) is 11.5. The number of aryl methyl sites for hydroxylation is 1. The highest BCUT2D eigenvalue weighted by Crippen LogP contribution is 2.29. The molecule has 3 heterocycles. The molecule has 6 aromatic rings. The van der Waals surface area contributed by atoms with E-state index in [4.69, 9.17) is 15.0 Å². The second-order valence-electron chi connectivity index (χ2n) is 7.85. The first-order valence-electron chi connectivity index (χ1n) is 10.4. The minimum absolute atomic E-state index is 0.739. The summed E-state index contributed by atoms with van der Waals surface area (Å²) < 4.78 is 2.25. The molecule has 0 spiro atoms. The molecular weight excluding hydrogens is 380 g/mol. The molecule has 0 bridgehead atoms. The molecule has 0 amide bonds. The van der Waals surface area contributed by atoms with Gasteiger partial charge in [0.2, 0.25) is 0 Å². The topological polar surface area (TPSA) is 43.6 Å². The van der Waals surface area contributed by atoms with Crippen LogP contribution in [0.2, 0.25) is 0 Å². The van der Waals surface area contributed by atoms with Crippen molar-refractivity contribution in [1.29, 1.82) is 0 Å². The van der Waals surface area contributed by atoms with Gasteiger partial charge in [0.15, 0.2) is 5.82 Å². The molecule has 0 aliphatic heterocycles. The number of nitrogens with zero attached hydrogens (tertiary/aromatic N) is 4. The average Bonchev–Trinajstić information content (AvgIpc) is 3.18. The van der Waals surface area contributed by atoms with Crippen LogP contribution in [-0.2, 0) is 6.54 Å². The van der Waals surface area contributed by atoms with E-state index < -0.39 is 0 Å². The highest BCUT2D eigenvalue weighted by Gasteiger charge is 2.15. The lowest BCUT2D eigenvalue weighted by Crippen LogP contribution is -2.03. The van der Waals surface area contributed by atoms with Crippen molar-refractivity contribution in [2.75, 3.05) is 0 Å². The third-order valence-corrected chi connectivity index (χ3v) is 5.73. The van der Waals surface area contributed by atoms with Crippen molar-refractivity contribution < 1.29 is 0 Å². The van der Waals surface area contributed by atoms with Crippen molar-refractivity contribution in [2.24, 2.45) is 0 Å². The Morgan fingerprint density at radius 3 is 2.16 bits per heavy atom. The van der Waals surface area contributed by atoms with E-state index in [-0.39, 0.29) is 0 Å². The molecule has 0 atom stereocenters. The van der Waals surface area contributed by atoms with E-state index in [1.165, 1.54) is 5.56 Å². The van der Waals surface area contributed by atoms with E-state index in [0.29, 0.717) is 0 Å². The maximum absolute atomic E-state index is 5.07. The van der Waals surface area contributed by atoms with Gasteiger partial charge in [0.25, 0.3) is 0 Å². The molecule has 0 aliphatic carbocycles. The molecule has 3 aromatic heterocycles. The minimum atomic E-state index is 0.739. The Morgan fingerprint density at radius 2 is 1.32 bits per heavy atom. The van der Waals surface area contributed by atoms with Crippen LogP contribution in [-0.4, -0.2) is 19.5 Å². The predicted octanol–water partition coefficient (Wildman–Crippen LogP) is 6.16. The molecule has 0 unspecified atom stereocenters. The number of aromatic nitrogens is 4. The smallest absolute Gasteiger partial charge is 0.160 e. The molecule has 0 saturated carbocycles. The maximum Gasteiger partial charge on any atom is 0.160 e. The summed E-state index contributed by atoms with van der Waals surface area (Å²) in [5, 5.41) is 2.18. The van der Waals surface area contributed by atoms with Crippen LogP contribution in [0.5, 0.6) is 0 Å². The molecular formula is C27H20N4. The van der Waals surface area contributed by atoms with Gasteiger partial charge in [0, 0.05) is 23.0 Å². The standard InChI is InChI=1S/C27H20N4/c1-18-11-12-20-13-14-21-15-16-23(29-26(21)25(20)28-18)27-30-22-9-5-6-10-24(22)31(27)17-19-7-3-2-4-8-19/h2-16H,17H2,1H3. The van der Waals surface area contributed by atoms with Gasteiger partial charge >= 0.3 is 0 Å². The summed E-state index contributed by atoms with van der Waals surface area (Å²) in [6.45, 7) is 2.75. The fourth-order valence-corrected chi connectivity index (χ4v) is 4.19. The molecule has 3 aromatic carbocycles. The highest BCUT2D eigenvalue weighted by molar-refractivity contribution is 6.03. The summed E-state index contributed by atoms with van der Waals surface area (Å²) in [6, 6.07) is 31.3. The van der Waals surface area contributed by atoms with Crippen LogP contribution in [0.25, 0.3) is 44.4 Å². The van der Waals surface area contributed by atoms with E-state index in [1.54, 1.807) is 0 Å². The zero-order valence-electron chi connectivity index (χ0n) is 17.2. The molecule has 0 saturated heterocycles. The zero-order chi connectivity index (χ0) is 20.8. The molecule has 0 N–H and O–H groups in total. The number of hydrogen-bond donors (Lipinski definition) is 0. The van der Waals surface area contributed by atoms with Gasteiger partial charge < -0.3 is 4.57 Å². The van der Waals surface area contributed by atoms with Crippen LogP contribution < -0.4 is 0 Å². The van der Waals surface area contributed by atoms with Crippen LogP contribution in [0, 0.1) is 6.92 Å². The molecule has 31 heavy (non-hydrogen) atoms. The lowest BCUT2D eigenvalue weighted by atomic mass is 10.1. The average molecular weight is 400 g/mol. The Balaban J connectivity index is 1.60. The van der Waals surface area contributed by atoms with Gasteiger partial charge in [-0.25, -0.2) is 9.97 Å². The second-order valence-corrected chi connectivity index (χ2v) is 7.85. The number of benzene rings is 3. The zero-order valence-corrected chi connectivity index (χ0v) is 17.2. The summed E-state index contributed by atoms with van der Waals surface area (Å²) in [4.78, 5) is 14.8. The van der Waals surface area contributed by atoms with Crippen LogP contribution >= 0.6 is 0 Å². The van der Waals surface area contributed by atoms with E-state index in [9.17, 15) is 0 Å². The number of rotatable bonds is 3. The molecule has 6 rings (SSSR count). The third-order valence-electron chi connectivity index (χ3n) is 5.73. The SMILES string of the molecule is Cc1ccc2ccc3ccc(-c4nc5ccccc5n4Cc4ccccc4)nc3c2n1. The van der Waals surface area contributed by atoms with Crippen LogP contribution in [0.3, 0.4) is 0 Å². The Hall–Kier alpha value is -4.05.